The van der Waals surface area contributed by atoms with Crippen LogP contribution in [-0.4, -0.2) is 31.1 Å². The fraction of sp³-hybridized carbons (Fsp3) is 0.562. The fourth-order valence-electron chi connectivity index (χ4n) is 1.60. The predicted octanol–water partition coefficient (Wildman–Crippen LogP) is 4.16. The van der Waals surface area contributed by atoms with Crippen molar-refractivity contribution in [3.8, 4) is 0 Å². The second kappa shape index (κ2) is 7.29. The maximum absolute atomic E-state index is 14.5. The molecule has 0 spiro atoms. The highest BCUT2D eigenvalue weighted by molar-refractivity contribution is 6.74. The normalized spacial score (nSPS) is 15.1. The molecule has 0 aliphatic heterocycles. The van der Waals surface area contributed by atoms with Gasteiger partial charge < -0.3 is 9.53 Å². The molecule has 0 amide bonds. The zero-order valence-corrected chi connectivity index (χ0v) is 14.6. The molecule has 3 nitrogen and oxygen atoms in total. The second-order valence-corrected chi connectivity index (χ2v) is 11.4. The molecule has 5 heteroatoms. The van der Waals surface area contributed by atoms with Crippen LogP contribution in [0.25, 0.3) is 6.08 Å². The molecule has 0 aliphatic carbocycles. The lowest BCUT2D eigenvalue weighted by Crippen LogP contribution is -2.44. The number of nitrogens with zero attached hydrogens (tertiary/aromatic N) is 1. The summed E-state index contributed by atoms with van der Waals surface area (Å²) in [6, 6.07) is 5.33. The van der Waals surface area contributed by atoms with Crippen molar-refractivity contribution in [2.45, 2.75) is 51.4 Å². The van der Waals surface area contributed by atoms with Crippen molar-refractivity contribution < 1.29 is 13.9 Å². The van der Waals surface area contributed by atoms with Gasteiger partial charge in [0.05, 0.1) is 11.8 Å². The van der Waals surface area contributed by atoms with Gasteiger partial charge in [0.1, 0.15) is 5.83 Å². The Kier molecular flexibility index (Phi) is 6.25. The van der Waals surface area contributed by atoms with Gasteiger partial charge in [-0.15, -0.1) is 0 Å². The summed E-state index contributed by atoms with van der Waals surface area (Å²) in [7, 11) is -2.10. The van der Waals surface area contributed by atoms with Gasteiger partial charge in [-0.1, -0.05) is 26.8 Å². The van der Waals surface area contributed by atoms with Crippen molar-refractivity contribution in [1.29, 1.82) is 0 Å². The van der Waals surface area contributed by atoms with E-state index in [1.54, 1.807) is 18.3 Å². The minimum atomic E-state index is -2.10. The van der Waals surface area contributed by atoms with E-state index in [2.05, 4.69) is 38.8 Å². The molecule has 1 aromatic heterocycles. The van der Waals surface area contributed by atoms with Crippen molar-refractivity contribution in [1.82, 2.24) is 4.98 Å². The summed E-state index contributed by atoms with van der Waals surface area (Å²) >= 11 is 0. The van der Waals surface area contributed by atoms with E-state index in [0.29, 0.717) is 5.69 Å². The molecule has 1 rings (SSSR count). The monoisotopic (exact) mass is 311 g/mol. The Morgan fingerprint density at radius 1 is 1.43 bits per heavy atom. The SMILES string of the molecule is CC(C)(C)[Si](C)(C)O[C@@H](CCO)/C(F)=C\c1ccccn1. The Labute approximate surface area is 128 Å². The molecule has 1 heterocycles. The summed E-state index contributed by atoms with van der Waals surface area (Å²) in [6.45, 7) is 10.4. The summed E-state index contributed by atoms with van der Waals surface area (Å²) in [5, 5.41) is 9.17. The molecule has 0 aromatic carbocycles. The molecule has 1 aromatic rings. The van der Waals surface area contributed by atoms with Gasteiger partial charge in [-0.2, -0.15) is 0 Å². The average Bonchev–Trinajstić information content (AvgIpc) is 2.37. The quantitative estimate of drug-likeness (QED) is 0.802. The summed E-state index contributed by atoms with van der Waals surface area (Å²) in [4.78, 5) is 4.08. The first kappa shape index (κ1) is 18.0. The van der Waals surface area contributed by atoms with E-state index in [0.717, 1.165) is 0 Å². The third-order valence-electron chi connectivity index (χ3n) is 3.92. The van der Waals surface area contributed by atoms with Crippen LogP contribution in [0.15, 0.2) is 30.2 Å². The average molecular weight is 311 g/mol. The fourth-order valence-corrected chi connectivity index (χ4v) is 2.89. The van der Waals surface area contributed by atoms with Crippen molar-refractivity contribution in [2.75, 3.05) is 6.61 Å². The van der Waals surface area contributed by atoms with Crippen LogP contribution in [0.1, 0.15) is 32.9 Å². The summed E-state index contributed by atoms with van der Waals surface area (Å²) in [5.74, 6) is -0.382. The molecule has 0 unspecified atom stereocenters. The zero-order valence-electron chi connectivity index (χ0n) is 13.6. The molecule has 1 N–H and O–H groups in total. The molecule has 21 heavy (non-hydrogen) atoms. The first-order chi connectivity index (χ1) is 9.67. The van der Waals surface area contributed by atoms with Crippen LogP contribution in [0.3, 0.4) is 0 Å². The number of aliphatic hydroxyl groups excluding tert-OH is 1. The first-order valence-electron chi connectivity index (χ1n) is 7.24. The third kappa shape index (κ3) is 5.34. The summed E-state index contributed by atoms with van der Waals surface area (Å²) in [6.07, 6.45) is 2.54. The largest absolute Gasteiger partial charge is 0.407 e. The maximum atomic E-state index is 14.5. The molecule has 118 valence electrons. The van der Waals surface area contributed by atoms with Gasteiger partial charge in [-0.05, 0) is 36.3 Å². The number of hydrogen-bond acceptors (Lipinski definition) is 3. The van der Waals surface area contributed by atoms with E-state index in [9.17, 15) is 9.50 Å². The van der Waals surface area contributed by atoms with Gasteiger partial charge in [-0.3, -0.25) is 4.98 Å². The highest BCUT2D eigenvalue weighted by atomic mass is 28.4. The summed E-state index contributed by atoms with van der Waals surface area (Å²) in [5.41, 5.74) is 0.553. The second-order valence-electron chi connectivity index (χ2n) is 6.66. The molecule has 1 atom stereocenters. The Morgan fingerprint density at radius 3 is 2.57 bits per heavy atom. The lowest BCUT2D eigenvalue weighted by atomic mass is 10.2. The Hall–Kier alpha value is -1.04. The predicted molar refractivity (Wildman–Crippen MR) is 87.1 cm³/mol. The van der Waals surface area contributed by atoms with Gasteiger partial charge in [-0.25, -0.2) is 4.39 Å². The lowest BCUT2D eigenvalue weighted by molar-refractivity contribution is 0.148. The van der Waals surface area contributed by atoms with Crippen LogP contribution in [0, 0.1) is 0 Å². The van der Waals surface area contributed by atoms with Crippen LogP contribution in [0.5, 0.6) is 0 Å². The molecule has 0 saturated carbocycles. The number of aromatic nitrogens is 1. The minimum Gasteiger partial charge on any atom is -0.407 e. The first-order valence-corrected chi connectivity index (χ1v) is 10.1. The van der Waals surface area contributed by atoms with E-state index in [1.807, 2.05) is 6.07 Å². The molecule has 0 fully saturated rings. The van der Waals surface area contributed by atoms with Gasteiger partial charge in [0, 0.05) is 19.2 Å². The minimum absolute atomic E-state index is 0.00795. The van der Waals surface area contributed by atoms with Crippen LogP contribution >= 0.6 is 0 Å². The van der Waals surface area contributed by atoms with Crippen LogP contribution in [0.2, 0.25) is 18.1 Å². The van der Waals surface area contributed by atoms with E-state index in [4.69, 9.17) is 4.43 Å². The van der Waals surface area contributed by atoms with Crippen LogP contribution < -0.4 is 0 Å². The number of pyridine rings is 1. The van der Waals surface area contributed by atoms with E-state index < -0.39 is 14.4 Å². The lowest BCUT2D eigenvalue weighted by Gasteiger charge is -2.38. The van der Waals surface area contributed by atoms with Crippen molar-refractivity contribution in [3.05, 3.63) is 35.9 Å². The Bertz CT molecular complexity index is 469. The van der Waals surface area contributed by atoms with Gasteiger partial charge in [0.2, 0.25) is 0 Å². The maximum Gasteiger partial charge on any atom is 0.193 e. The van der Waals surface area contributed by atoms with Crippen molar-refractivity contribution in [3.63, 3.8) is 0 Å². The van der Waals surface area contributed by atoms with E-state index >= 15 is 0 Å². The molecule has 0 saturated heterocycles. The molecule has 0 bridgehead atoms. The summed E-state index contributed by atoms with van der Waals surface area (Å²) < 4.78 is 20.6. The van der Waals surface area contributed by atoms with Crippen LogP contribution in [0.4, 0.5) is 4.39 Å². The number of halogens is 1. The van der Waals surface area contributed by atoms with Crippen molar-refractivity contribution >= 4 is 14.4 Å². The number of rotatable bonds is 6. The molecular formula is C16H26FNO2Si. The van der Waals surface area contributed by atoms with Gasteiger partial charge >= 0.3 is 0 Å². The van der Waals surface area contributed by atoms with E-state index in [1.165, 1.54) is 6.08 Å². The third-order valence-corrected chi connectivity index (χ3v) is 8.40. The topological polar surface area (TPSA) is 42.4 Å². The van der Waals surface area contributed by atoms with Gasteiger partial charge in [0.15, 0.2) is 8.32 Å². The standard InChI is InChI=1S/C16H26FNO2Si/c1-16(2,3)21(4,5)20-15(9-11-19)14(17)12-13-8-6-7-10-18-13/h6-8,10,12,15,19H,9,11H2,1-5H3/b14-12+/t15-/m0/s1. The smallest absolute Gasteiger partial charge is 0.193 e. The zero-order chi connectivity index (χ0) is 16.1. The van der Waals surface area contributed by atoms with Gasteiger partial charge in [0.25, 0.3) is 0 Å². The Morgan fingerprint density at radius 2 is 2.10 bits per heavy atom. The number of hydrogen-bond donors (Lipinski definition) is 1. The highest BCUT2D eigenvalue weighted by Gasteiger charge is 2.39. The van der Waals surface area contributed by atoms with Crippen LogP contribution in [-0.2, 0) is 4.43 Å². The van der Waals surface area contributed by atoms with Crippen molar-refractivity contribution in [2.24, 2.45) is 0 Å². The highest BCUT2D eigenvalue weighted by Crippen LogP contribution is 2.38. The van der Waals surface area contributed by atoms with E-state index in [-0.39, 0.29) is 23.9 Å². The Balaban J connectivity index is 2.94. The molecule has 0 radical (unpaired) electrons. The molecule has 0 aliphatic rings. The number of aliphatic hydroxyl groups is 1. The molecular weight excluding hydrogens is 285 g/mol.